The van der Waals surface area contributed by atoms with Gasteiger partial charge in [-0.05, 0) is 60.9 Å². The van der Waals surface area contributed by atoms with Crippen molar-refractivity contribution < 1.29 is 14.3 Å². The van der Waals surface area contributed by atoms with E-state index in [0.717, 1.165) is 42.6 Å². The van der Waals surface area contributed by atoms with Crippen molar-refractivity contribution >= 4 is 11.8 Å². The molecule has 1 saturated carbocycles. The highest BCUT2D eigenvalue weighted by atomic mass is 16.5. The van der Waals surface area contributed by atoms with E-state index >= 15 is 0 Å². The number of methoxy groups -OCH3 is 1. The van der Waals surface area contributed by atoms with Gasteiger partial charge < -0.3 is 15.0 Å². The van der Waals surface area contributed by atoms with Gasteiger partial charge in [-0.25, -0.2) is 0 Å². The lowest BCUT2D eigenvalue weighted by atomic mass is 9.95. The topological polar surface area (TPSA) is 58.6 Å². The zero-order valence-corrected chi connectivity index (χ0v) is 21.2. The van der Waals surface area contributed by atoms with Gasteiger partial charge in [0.15, 0.2) is 0 Å². The molecule has 0 spiro atoms. The summed E-state index contributed by atoms with van der Waals surface area (Å²) in [6.07, 6.45) is 6.61. The van der Waals surface area contributed by atoms with Gasteiger partial charge in [0, 0.05) is 19.0 Å². The maximum atomic E-state index is 13.4. The molecule has 5 nitrogen and oxygen atoms in total. The number of amides is 2. The Morgan fingerprint density at radius 1 is 1.00 bits per heavy atom. The van der Waals surface area contributed by atoms with Crippen LogP contribution in [0.2, 0.25) is 0 Å². The van der Waals surface area contributed by atoms with Crippen molar-refractivity contribution in [3.05, 3.63) is 65.2 Å². The number of carbonyl (C=O) groups is 2. The molecule has 0 saturated heterocycles. The second-order valence-electron chi connectivity index (χ2n) is 9.79. The van der Waals surface area contributed by atoms with Crippen molar-refractivity contribution in [2.45, 2.75) is 90.3 Å². The molecule has 1 aliphatic carbocycles. The summed E-state index contributed by atoms with van der Waals surface area (Å²) in [4.78, 5) is 28.2. The van der Waals surface area contributed by atoms with Crippen LogP contribution in [0.1, 0.15) is 81.9 Å². The molecular formula is C29H40N2O3. The number of benzene rings is 2. The fourth-order valence-electron chi connectivity index (χ4n) is 4.58. The predicted octanol–water partition coefficient (Wildman–Crippen LogP) is 5.62. The highest BCUT2D eigenvalue weighted by Crippen LogP contribution is 2.20. The van der Waals surface area contributed by atoms with Crippen LogP contribution >= 0.6 is 0 Å². The first kappa shape index (κ1) is 25.8. The Kier molecular flexibility index (Phi) is 9.55. The Morgan fingerprint density at radius 3 is 2.35 bits per heavy atom. The smallest absolute Gasteiger partial charge is 0.242 e. The minimum absolute atomic E-state index is 0.0120. The molecule has 2 amide bonds. The third-order valence-corrected chi connectivity index (χ3v) is 6.88. The molecule has 3 rings (SSSR count). The average Bonchev–Trinajstić information content (AvgIpc) is 2.86. The third kappa shape index (κ3) is 7.34. The number of carbonyl (C=O) groups excluding carboxylic acids is 2. The molecule has 34 heavy (non-hydrogen) atoms. The van der Waals surface area contributed by atoms with E-state index in [4.69, 9.17) is 4.74 Å². The Balaban J connectivity index is 1.70. The van der Waals surface area contributed by atoms with E-state index in [1.165, 1.54) is 12.0 Å². The van der Waals surface area contributed by atoms with Crippen molar-refractivity contribution in [1.29, 1.82) is 0 Å². The second-order valence-corrected chi connectivity index (χ2v) is 9.79. The number of hydrogen-bond donors (Lipinski definition) is 1. The maximum absolute atomic E-state index is 13.4. The Labute approximate surface area is 204 Å². The Morgan fingerprint density at radius 2 is 1.71 bits per heavy atom. The SMILES string of the molecule is COc1cccc(CN(C(=O)CCc2ccc(C(C)C)cc2)C(C)C(=O)NC2CCCCC2)c1. The second kappa shape index (κ2) is 12.6. The molecule has 184 valence electrons. The van der Waals surface area contributed by atoms with Crippen LogP contribution in [0.15, 0.2) is 48.5 Å². The summed E-state index contributed by atoms with van der Waals surface area (Å²) < 4.78 is 5.35. The molecule has 1 atom stereocenters. The Hall–Kier alpha value is -2.82. The molecule has 1 aliphatic rings. The van der Waals surface area contributed by atoms with E-state index < -0.39 is 6.04 Å². The number of ether oxygens (including phenoxy) is 1. The van der Waals surface area contributed by atoms with E-state index in [-0.39, 0.29) is 17.9 Å². The fraction of sp³-hybridized carbons (Fsp3) is 0.517. The maximum Gasteiger partial charge on any atom is 0.242 e. The van der Waals surface area contributed by atoms with E-state index in [9.17, 15) is 9.59 Å². The summed E-state index contributed by atoms with van der Waals surface area (Å²) in [6, 6.07) is 15.9. The summed E-state index contributed by atoms with van der Waals surface area (Å²) in [7, 11) is 1.63. The normalized spacial score (nSPS) is 15.1. The number of rotatable bonds is 10. The summed E-state index contributed by atoms with van der Waals surface area (Å²) in [5, 5.41) is 3.20. The quantitative estimate of drug-likeness (QED) is 0.497. The highest BCUT2D eigenvalue weighted by Gasteiger charge is 2.28. The lowest BCUT2D eigenvalue weighted by Crippen LogP contribution is -2.50. The molecule has 1 fully saturated rings. The minimum Gasteiger partial charge on any atom is -0.497 e. The molecule has 1 unspecified atom stereocenters. The first-order chi connectivity index (χ1) is 16.4. The van der Waals surface area contributed by atoms with Crippen LogP contribution in [0.5, 0.6) is 5.75 Å². The molecule has 0 bridgehead atoms. The van der Waals surface area contributed by atoms with Gasteiger partial charge in [0.2, 0.25) is 11.8 Å². The van der Waals surface area contributed by atoms with Gasteiger partial charge in [0.25, 0.3) is 0 Å². The van der Waals surface area contributed by atoms with Gasteiger partial charge in [0.1, 0.15) is 11.8 Å². The third-order valence-electron chi connectivity index (χ3n) is 6.88. The van der Waals surface area contributed by atoms with Gasteiger partial charge in [-0.15, -0.1) is 0 Å². The van der Waals surface area contributed by atoms with Crippen LogP contribution in [0.3, 0.4) is 0 Å². The van der Waals surface area contributed by atoms with E-state index in [1.807, 2.05) is 31.2 Å². The fourth-order valence-corrected chi connectivity index (χ4v) is 4.58. The van der Waals surface area contributed by atoms with Crippen molar-refractivity contribution in [2.24, 2.45) is 0 Å². The number of nitrogens with zero attached hydrogens (tertiary/aromatic N) is 1. The van der Waals surface area contributed by atoms with Crippen LogP contribution in [0, 0.1) is 0 Å². The van der Waals surface area contributed by atoms with E-state index in [0.29, 0.717) is 25.3 Å². The first-order valence-electron chi connectivity index (χ1n) is 12.7. The van der Waals surface area contributed by atoms with Crippen LogP contribution in [0.25, 0.3) is 0 Å². The Bertz CT molecular complexity index is 933. The molecule has 2 aromatic rings. The summed E-state index contributed by atoms with van der Waals surface area (Å²) in [5.41, 5.74) is 3.38. The molecule has 2 aromatic carbocycles. The largest absolute Gasteiger partial charge is 0.497 e. The monoisotopic (exact) mass is 464 g/mol. The van der Waals surface area contributed by atoms with Crippen LogP contribution in [0.4, 0.5) is 0 Å². The van der Waals surface area contributed by atoms with Gasteiger partial charge in [-0.3, -0.25) is 9.59 Å². The van der Waals surface area contributed by atoms with Crippen LogP contribution in [-0.2, 0) is 22.6 Å². The van der Waals surface area contributed by atoms with E-state index in [2.05, 4.69) is 43.4 Å². The minimum atomic E-state index is -0.538. The van der Waals surface area contributed by atoms with Crippen molar-refractivity contribution in [3.63, 3.8) is 0 Å². The van der Waals surface area contributed by atoms with Gasteiger partial charge in [0.05, 0.1) is 7.11 Å². The highest BCUT2D eigenvalue weighted by molar-refractivity contribution is 5.87. The lowest BCUT2D eigenvalue weighted by molar-refractivity contribution is -0.141. The molecular weight excluding hydrogens is 424 g/mol. The van der Waals surface area contributed by atoms with Crippen LogP contribution in [-0.4, -0.2) is 35.9 Å². The predicted molar refractivity (Wildman–Crippen MR) is 137 cm³/mol. The van der Waals surface area contributed by atoms with Crippen LogP contribution < -0.4 is 10.1 Å². The molecule has 0 aliphatic heterocycles. The zero-order valence-electron chi connectivity index (χ0n) is 21.2. The standard InChI is InChI=1S/C29H40N2O3/c1-21(2)25-16-13-23(14-17-25)15-18-28(32)31(20-24-9-8-12-27(19-24)34-4)22(3)29(33)30-26-10-6-5-7-11-26/h8-9,12-14,16-17,19,21-22,26H,5-7,10-11,15,18,20H2,1-4H3,(H,30,33). The summed E-state index contributed by atoms with van der Waals surface area (Å²) in [6.45, 7) is 6.57. The molecule has 1 N–H and O–H groups in total. The summed E-state index contributed by atoms with van der Waals surface area (Å²) >= 11 is 0. The lowest BCUT2D eigenvalue weighted by Gasteiger charge is -2.31. The van der Waals surface area contributed by atoms with Gasteiger partial charge >= 0.3 is 0 Å². The number of nitrogens with one attached hydrogen (secondary N) is 1. The zero-order chi connectivity index (χ0) is 24.5. The molecule has 0 aromatic heterocycles. The van der Waals surface area contributed by atoms with Crippen molar-refractivity contribution in [3.8, 4) is 5.75 Å². The van der Waals surface area contributed by atoms with Crippen molar-refractivity contribution in [2.75, 3.05) is 7.11 Å². The average molecular weight is 465 g/mol. The van der Waals surface area contributed by atoms with Gasteiger partial charge in [-0.1, -0.05) is 69.5 Å². The number of aryl methyl sites for hydroxylation is 1. The summed E-state index contributed by atoms with van der Waals surface area (Å²) in [5.74, 6) is 1.15. The van der Waals surface area contributed by atoms with Crippen molar-refractivity contribution in [1.82, 2.24) is 10.2 Å². The number of hydrogen-bond acceptors (Lipinski definition) is 3. The first-order valence-corrected chi connectivity index (χ1v) is 12.7. The molecule has 5 heteroatoms. The molecule has 0 heterocycles. The van der Waals surface area contributed by atoms with Gasteiger partial charge in [-0.2, -0.15) is 0 Å². The van der Waals surface area contributed by atoms with E-state index in [1.54, 1.807) is 12.0 Å². The molecule has 0 radical (unpaired) electrons.